The van der Waals surface area contributed by atoms with Crippen molar-refractivity contribution < 1.29 is 45.2 Å². The quantitative estimate of drug-likeness (QED) is 0.170. The second-order valence-corrected chi connectivity index (χ2v) is 12.7. The van der Waals surface area contributed by atoms with E-state index in [1.54, 1.807) is 14.0 Å². The third-order valence-electron chi connectivity index (χ3n) is 5.70. The summed E-state index contributed by atoms with van der Waals surface area (Å²) >= 11 is 0. The van der Waals surface area contributed by atoms with E-state index in [0.717, 1.165) is 12.1 Å². The molecule has 0 heterocycles. The summed E-state index contributed by atoms with van der Waals surface area (Å²) in [6.45, 7) is 6.28. The van der Waals surface area contributed by atoms with E-state index < -0.39 is 43.7 Å². The van der Waals surface area contributed by atoms with Crippen molar-refractivity contribution in [3.05, 3.63) is 70.8 Å². The molecule has 0 aliphatic heterocycles. The van der Waals surface area contributed by atoms with Crippen LogP contribution in [-0.4, -0.2) is 36.2 Å². The highest BCUT2D eigenvalue weighted by molar-refractivity contribution is 7.54. The Balaban J connectivity index is 2.08. The third-order valence-corrected chi connectivity index (χ3v) is 9.46. The average Bonchev–Trinajstić information content (AvgIpc) is 2.84. The molecule has 1 N–H and O–H groups in total. The molecular weight excluding hydrogens is 548 g/mol. The number of nitrogens with zero attached hydrogens (tertiary/aromatic N) is 1. The number of hydrogen-bond acceptors (Lipinski definition) is 6. The third kappa shape index (κ3) is 7.54. The molecule has 0 bridgehead atoms. The fourth-order valence-corrected chi connectivity index (χ4v) is 6.33. The highest BCUT2D eigenvalue weighted by Gasteiger charge is 2.55. The lowest BCUT2D eigenvalue weighted by Gasteiger charge is -2.26. The summed E-state index contributed by atoms with van der Waals surface area (Å²) in [6.07, 6.45) is -0.498. The first kappa shape index (κ1) is 32.6. The van der Waals surface area contributed by atoms with E-state index in [0.29, 0.717) is 30.6 Å². The van der Waals surface area contributed by atoms with Crippen molar-refractivity contribution in [2.75, 3.05) is 20.3 Å². The smallest absolute Gasteiger partial charge is 0.320 e. The van der Waals surface area contributed by atoms with Crippen LogP contribution in [0.2, 0.25) is 0 Å². The van der Waals surface area contributed by atoms with Crippen LogP contribution >= 0.6 is 15.2 Å². The molecule has 0 fully saturated rings. The van der Waals surface area contributed by atoms with Gasteiger partial charge >= 0.3 is 26.5 Å². The van der Waals surface area contributed by atoms with Crippen LogP contribution in [0.4, 0.5) is 17.6 Å². The summed E-state index contributed by atoms with van der Waals surface area (Å²) in [5.74, 6) is 0. The topological polar surface area (TPSA) is 85.3 Å². The highest BCUT2D eigenvalue weighted by Crippen LogP contribution is 2.67. The molecule has 0 saturated carbocycles. The maximum absolute atomic E-state index is 14.9. The molecule has 2 atom stereocenters. The number of benzene rings is 2. The first-order chi connectivity index (χ1) is 17.6. The van der Waals surface area contributed by atoms with Gasteiger partial charge in [0.25, 0.3) is 0 Å². The summed E-state index contributed by atoms with van der Waals surface area (Å²) in [7, 11) is -8.20. The minimum absolute atomic E-state index is 0.195. The molecule has 0 aliphatic rings. The van der Waals surface area contributed by atoms with Crippen molar-refractivity contribution in [1.82, 2.24) is 4.90 Å². The van der Waals surface area contributed by atoms with Crippen LogP contribution in [0.5, 0.6) is 0 Å². The first-order valence-electron chi connectivity index (χ1n) is 12.2. The maximum atomic E-state index is 14.9. The number of hydrogen-bond donors (Lipinski definition) is 1. The van der Waals surface area contributed by atoms with Gasteiger partial charge in [-0.1, -0.05) is 55.5 Å². The van der Waals surface area contributed by atoms with E-state index in [1.807, 2.05) is 4.90 Å². The summed E-state index contributed by atoms with van der Waals surface area (Å²) < 4.78 is 98.3. The predicted molar refractivity (Wildman–Crippen MR) is 137 cm³/mol. The summed E-state index contributed by atoms with van der Waals surface area (Å²) in [5, 5.41) is 0. The molecule has 0 aliphatic carbocycles. The Morgan fingerprint density at radius 2 is 1.21 bits per heavy atom. The van der Waals surface area contributed by atoms with Gasteiger partial charge in [0.2, 0.25) is 0 Å². The standard InChI is InChI=1S/C25H35F4NO6P2/c1-6-19(4)36-37(31,32)24(26,27)22-13-9-20(10-14-22)17-30(5)18-21-11-15-23(16-12-21)25(28,29)38(33,34-7-2)35-8-3/h9-16,19H,6-8,17-18H2,1-5H3,(H,31,32). The molecule has 38 heavy (non-hydrogen) atoms. The SMILES string of the molecule is CCOP(=O)(OCC)C(F)(F)c1ccc(CN(C)Cc2ccc(C(F)(F)P(=O)(O)OC(C)CC)cc2)cc1. The Bertz CT molecular complexity index is 1120. The monoisotopic (exact) mass is 583 g/mol. The number of rotatable bonds is 15. The van der Waals surface area contributed by atoms with Gasteiger partial charge in [-0.15, -0.1) is 0 Å². The Hall–Kier alpha value is -1.58. The molecule has 2 aromatic rings. The van der Waals surface area contributed by atoms with Gasteiger partial charge in [-0.25, -0.2) is 0 Å². The Morgan fingerprint density at radius 1 is 0.816 bits per heavy atom. The molecule has 0 spiro atoms. The second-order valence-electron chi connectivity index (χ2n) is 8.83. The molecule has 0 saturated heterocycles. The molecule has 2 aromatic carbocycles. The fourth-order valence-electron chi connectivity index (χ4n) is 3.55. The normalized spacial score (nSPS) is 15.4. The van der Waals surface area contributed by atoms with Crippen molar-refractivity contribution in [2.45, 2.75) is 64.6 Å². The second kappa shape index (κ2) is 13.2. The van der Waals surface area contributed by atoms with E-state index in [-0.39, 0.29) is 13.2 Å². The Labute approximate surface area is 221 Å². The highest BCUT2D eigenvalue weighted by atomic mass is 31.2. The van der Waals surface area contributed by atoms with Gasteiger partial charge in [-0.05, 0) is 45.4 Å². The summed E-state index contributed by atoms with van der Waals surface area (Å²) in [4.78, 5) is 11.7. The van der Waals surface area contributed by atoms with Crippen molar-refractivity contribution in [3.8, 4) is 0 Å². The van der Waals surface area contributed by atoms with Gasteiger partial charge in [0.05, 0.1) is 19.3 Å². The molecule has 13 heteroatoms. The predicted octanol–water partition coefficient (Wildman–Crippen LogP) is 7.68. The van der Waals surface area contributed by atoms with Gasteiger partial charge in [-0.3, -0.25) is 14.0 Å². The van der Waals surface area contributed by atoms with E-state index in [1.165, 1.54) is 57.2 Å². The van der Waals surface area contributed by atoms with Crippen LogP contribution < -0.4 is 0 Å². The number of halogens is 4. The van der Waals surface area contributed by atoms with Gasteiger partial charge in [0.15, 0.2) is 0 Å². The maximum Gasteiger partial charge on any atom is 0.404 e. The van der Waals surface area contributed by atoms with E-state index in [9.17, 15) is 31.6 Å². The number of alkyl halides is 4. The van der Waals surface area contributed by atoms with Crippen LogP contribution in [-0.2, 0) is 47.1 Å². The van der Waals surface area contributed by atoms with Gasteiger partial charge < -0.3 is 18.5 Å². The molecule has 0 radical (unpaired) electrons. The van der Waals surface area contributed by atoms with Crippen molar-refractivity contribution >= 4 is 15.2 Å². The van der Waals surface area contributed by atoms with E-state index in [2.05, 4.69) is 0 Å². The van der Waals surface area contributed by atoms with Crippen LogP contribution in [0.15, 0.2) is 48.5 Å². The molecule has 0 aromatic heterocycles. The molecule has 2 rings (SSSR count). The van der Waals surface area contributed by atoms with E-state index in [4.69, 9.17) is 13.6 Å². The Kier molecular flexibility index (Phi) is 11.3. The van der Waals surface area contributed by atoms with Crippen molar-refractivity contribution in [3.63, 3.8) is 0 Å². The van der Waals surface area contributed by atoms with E-state index >= 15 is 0 Å². The zero-order valence-corrected chi connectivity index (χ0v) is 23.9. The molecule has 0 amide bonds. The first-order valence-corrected chi connectivity index (χ1v) is 15.3. The Morgan fingerprint density at radius 3 is 1.58 bits per heavy atom. The lowest BCUT2D eigenvalue weighted by molar-refractivity contribution is 0.0347. The largest absolute Gasteiger partial charge is 0.404 e. The van der Waals surface area contributed by atoms with Crippen molar-refractivity contribution in [2.24, 2.45) is 0 Å². The summed E-state index contributed by atoms with van der Waals surface area (Å²) in [5.41, 5.74) is -7.69. The van der Waals surface area contributed by atoms with Crippen LogP contribution in [0.1, 0.15) is 56.4 Å². The van der Waals surface area contributed by atoms with Gasteiger partial charge in [0, 0.05) is 24.2 Å². The molecule has 7 nitrogen and oxygen atoms in total. The van der Waals surface area contributed by atoms with Crippen LogP contribution in [0.25, 0.3) is 0 Å². The molecule has 2 unspecified atom stereocenters. The minimum atomic E-state index is -5.24. The zero-order valence-electron chi connectivity index (χ0n) is 22.1. The lowest BCUT2D eigenvalue weighted by Crippen LogP contribution is -2.20. The van der Waals surface area contributed by atoms with Crippen molar-refractivity contribution in [1.29, 1.82) is 0 Å². The zero-order chi connectivity index (χ0) is 28.8. The lowest BCUT2D eigenvalue weighted by atomic mass is 10.1. The van der Waals surface area contributed by atoms with Crippen LogP contribution in [0, 0.1) is 0 Å². The van der Waals surface area contributed by atoms with Gasteiger partial charge in [0.1, 0.15) is 0 Å². The minimum Gasteiger partial charge on any atom is -0.320 e. The average molecular weight is 583 g/mol. The molecule has 214 valence electrons. The summed E-state index contributed by atoms with van der Waals surface area (Å²) in [6, 6.07) is 10.3. The van der Waals surface area contributed by atoms with Crippen LogP contribution in [0.3, 0.4) is 0 Å². The fraction of sp³-hybridized carbons (Fsp3) is 0.520. The van der Waals surface area contributed by atoms with Gasteiger partial charge in [-0.2, -0.15) is 17.6 Å². The molecular formula is C25H35F4NO6P2.